The van der Waals surface area contributed by atoms with E-state index in [2.05, 4.69) is 4.98 Å². The van der Waals surface area contributed by atoms with Gasteiger partial charge in [0, 0.05) is 12.5 Å². The van der Waals surface area contributed by atoms with Crippen LogP contribution in [0.2, 0.25) is 0 Å². The standard InChI is InChI=1S/C13H17BF3NO2/c1-11(2)12(3,4)20-14(19-11)7-9-5-6-10(18-8-9)13(15,16)17/h5-6,8H,7H2,1-4H3. The number of pyridine rings is 1. The fourth-order valence-corrected chi connectivity index (χ4v) is 1.95. The van der Waals surface area contributed by atoms with Gasteiger partial charge in [0.15, 0.2) is 0 Å². The molecule has 0 aromatic carbocycles. The lowest BCUT2D eigenvalue weighted by atomic mass is 9.81. The van der Waals surface area contributed by atoms with E-state index in [9.17, 15) is 13.2 Å². The zero-order valence-corrected chi connectivity index (χ0v) is 11.9. The molecule has 0 N–H and O–H groups in total. The number of hydrogen-bond donors (Lipinski definition) is 0. The van der Waals surface area contributed by atoms with Crippen molar-refractivity contribution in [1.29, 1.82) is 0 Å². The Morgan fingerprint density at radius 1 is 1.10 bits per heavy atom. The molecule has 1 fully saturated rings. The quantitative estimate of drug-likeness (QED) is 0.782. The Balaban J connectivity index is 2.06. The molecule has 2 heterocycles. The number of alkyl halides is 3. The Morgan fingerprint density at radius 3 is 2.05 bits per heavy atom. The zero-order chi connectivity index (χ0) is 15.2. The first-order chi connectivity index (χ1) is 9.01. The number of nitrogens with zero attached hydrogens (tertiary/aromatic N) is 1. The van der Waals surface area contributed by atoms with Crippen molar-refractivity contribution in [2.45, 2.75) is 51.4 Å². The van der Waals surface area contributed by atoms with Crippen LogP contribution in [0.1, 0.15) is 39.0 Å². The molecule has 0 bridgehead atoms. The third kappa shape index (κ3) is 2.98. The topological polar surface area (TPSA) is 31.4 Å². The minimum atomic E-state index is -4.41. The van der Waals surface area contributed by atoms with Gasteiger partial charge in [-0.25, -0.2) is 0 Å². The fourth-order valence-electron chi connectivity index (χ4n) is 1.95. The van der Waals surface area contributed by atoms with Crippen LogP contribution in [0.25, 0.3) is 0 Å². The first kappa shape index (κ1) is 15.3. The highest BCUT2D eigenvalue weighted by molar-refractivity contribution is 6.45. The lowest BCUT2D eigenvalue weighted by molar-refractivity contribution is -0.141. The normalized spacial score (nSPS) is 21.2. The Morgan fingerprint density at radius 2 is 1.65 bits per heavy atom. The molecule has 0 atom stereocenters. The molecule has 1 aliphatic heterocycles. The monoisotopic (exact) mass is 287 g/mol. The lowest BCUT2D eigenvalue weighted by Crippen LogP contribution is -2.41. The summed E-state index contributed by atoms with van der Waals surface area (Å²) in [5, 5.41) is 0. The maximum absolute atomic E-state index is 12.4. The Labute approximate surface area is 116 Å². The van der Waals surface area contributed by atoms with E-state index in [0.29, 0.717) is 11.9 Å². The summed E-state index contributed by atoms with van der Waals surface area (Å²) in [5.74, 6) is 0. The molecule has 2 rings (SSSR count). The van der Waals surface area contributed by atoms with Crippen LogP contribution >= 0.6 is 0 Å². The van der Waals surface area contributed by atoms with E-state index in [4.69, 9.17) is 9.31 Å². The van der Waals surface area contributed by atoms with Gasteiger partial charge >= 0.3 is 13.3 Å². The molecule has 0 amide bonds. The first-order valence-electron chi connectivity index (χ1n) is 6.39. The molecule has 20 heavy (non-hydrogen) atoms. The molecule has 0 aliphatic carbocycles. The predicted molar refractivity (Wildman–Crippen MR) is 69.0 cm³/mol. The van der Waals surface area contributed by atoms with Crippen LogP contribution in [-0.2, 0) is 21.8 Å². The van der Waals surface area contributed by atoms with Gasteiger partial charge in [0.05, 0.1) is 11.2 Å². The van der Waals surface area contributed by atoms with E-state index in [1.165, 1.54) is 12.3 Å². The van der Waals surface area contributed by atoms with E-state index in [1.54, 1.807) is 0 Å². The summed E-state index contributed by atoms with van der Waals surface area (Å²) in [6.45, 7) is 7.71. The van der Waals surface area contributed by atoms with Crippen molar-refractivity contribution in [3.8, 4) is 0 Å². The second-order valence-electron chi connectivity index (χ2n) is 5.94. The lowest BCUT2D eigenvalue weighted by Gasteiger charge is -2.32. The highest BCUT2D eigenvalue weighted by atomic mass is 19.4. The highest BCUT2D eigenvalue weighted by Gasteiger charge is 2.50. The van der Waals surface area contributed by atoms with Gasteiger partial charge in [0.1, 0.15) is 5.69 Å². The van der Waals surface area contributed by atoms with Crippen molar-refractivity contribution in [3.05, 3.63) is 29.6 Å². The Hall–Kier alpha value is -1.08. The summed E-state index contributed by atoms with van der Waals surface area (Å²) in [6.07, 6.45) is -2.82. The van der Waals surface area contributed by atoms with Crippen LogP contribution in [0.4, 0.5) is 13.2 Å². The number of halogens is 3. The molecular formula is C13H17BF3NO2. The molecule has 0 spiro atoms. The van der Waals surface area contributed by atoms with E-state index < -0.39 is 30.2 Å². The molecule has 7 heteroatoms. The largest absolute Gasteiger partial charge is 0.462 e. The summed E-state index contributed by atoms with van der Waals surface area (Å²) < 4.78 is 48.8. The summed E-state index contributed by atoms with van der Waals surface area (Å²) in [6, 6.07) is 2.38. The van der Waals surface area contributed by atoms with Gasteiger partial charge in [-0.15, -0.1) is 0 Å². The maximum Gasteiger partial charge on any atom is 0.462 e. The van der Waals surface area contributed by atoms with Crippen LogP contribution in [0, 0.1) is 0 Å². The molecular weight excluding hydrogens is 270 g/mol. The molecule has 0 saturated carbocycles. The van der Waals surface area contributed by atoms with Crippen molar-refractivity contribution in [1.82, 2.24) is 4.98 Å². The molecule has 0 unspecified atom stereocenters. The Kier molecular flexibility index (Phi) is 3.63. The number of hydrogen-bond acceptors (Lipinski definition) is 3. The molecule has 1 saturated heterocycles. The number of aromatic nitrogens is 1. The highest BCUT2D eigenvalue weighted by Crippen LogP contribution is 2.37. The van der Waals surface area contributed by atoms with Crippen LogP contribution in [-0.4, -0.2) is 23.3 Å². The van der Waals surface area contributed by atoms with Gasteiger partial charge in [-0.05, 0) is 39.3 Å². The van der Waals surface area contributed by atoms with Gasteiger partial charge < -0.3 is 9.31 Å². The second kappa shape index (κ2) is 4.74. The van der Waals surface area contributed by atoms with Crippen LogP contribution in [0.15, 0.2) is 18.3 Å². The fraction of sp³-hybridized carbons (Fsp3) is 0.615. The van der Waals surface area contributed by atoms with Gasteiger partial charge in [0.25, 0.3) is 0 Å². The summed E-state index contributed by atoms with van der Waals surface area (Å²) in [5.41, 5.74) is -1.14. The van der Waals surface area contributed by atoms with Crippen molar-refractivity contribution in [3.63, 3.8) is 0 Å². The van der Waals surface area contributed by atoms with Gasteiger partial charge in [0.2, 0.25) is 0 Å². The molecule has 1 aromatic rings. The molecule has 110 valence electrons. The molecule has 1 aliphatic rings. The van der Waals surface area contributed by atoms with Crippen LogP contribution in [0.5, 0.6) is 0 Å². The zero-order valence-electron chi connectivity index (χ0n) is 11.9. The van der Waals surface area contributed by atoms with Crippen LogP contribution < -0.4 is 0 Å². The summed E-state index contributed by atoms with van der Waals surface area (Å²) in [4.78, 5) is 3.43. The third-order valence-electron chi connectivity index (χ3n) is 3.82. The minimum Gasteiger partial charge on any atom is -0.403 e. The van der Waals surface area contributed by atoms with Gasteiger partial charge in [-0.1, -0.05) is 6.07 Å². The van der Waals surface area contributed by atoms with E-state index in [1.807, 2.05) is 27.7 Å². The SMILES string of the molecule is CC1(C)OB(Cc2ccc(C(F)(F)F)nc2)OC1(C)C. The summed E-state index contributed by atoms with van der Waals surface area (Å²) in [7, 11) is -0.474. The average Bonchev–Trinajstić information content (AvgIpc) is 2.46. The van der Waals surface area contributed by atoms with Crippen molar-refractivity contribution >= 4 is 7.12 Å². The maximum atomic E-state index is 12.4. The summed E-state index contributed by atoms with van der Waals surface area (Å²) >= 11 is 0. The van der Waals surface area contributed by atoms with Gasteiger partial charge in [-0.3, -0.25) is 4.98 Å². The minimum absolute atomic E-state index is 0.373. The predicted octanol–water partition coefficient (Wildman–Crippen LogP) is 3.27. The third-order valence-corrected chi connectivity index (χ3v) is 3.82. The van der Waals surface area contributed by atoms with E-state index >= 15 is 0 Å². The van der Waals surface area contributed by atoms with Crippen LogP contribution in [0.3, 0.4) is 0 Å². The Bertz CT molecular complexity index is 469. The van der Waals surface area contributed by atoms with Crippen molar-refractivity contribution in [2.24, 2.45) is 0 Å². The van der Waals surface area contributed by atoms with Crippen molar-refractivity contribution < 1.29 is 22.5 Å². The van der Waals surface area contributed by atoms with Gasteiger partial charge in [-0.2, -0.15) is 13.2 Å². The molecule has 3 nitrogen and oxygen atoms in total. The van der Waals surface area contributed by atoms with E-state index in [-0.39, 0.29) is 0 Å². The van der Waals surface area contributed by atoms with E-state index in [0.717, 1.165) is 6.07 Å². The van der Waals surface area contributed by atoms with Crippen molar-refractivity contribution in [2.75, 3.05) is 0 Å². The smallest absolute Gasteiger partial charge is 0.403 e. The molecule has 1 aromatic heterocycles. The molecule has 0 radical (unpaired) electrons. The number of rotatable bonds is 2. The second-order valence-corrected chi connectivity index (χ2v) is 5.94. The first-order valence-corrected chi connectivity index (χ1v) is 6.39. The average molecular weight is 287 g/mol.